The molecule has 2 aliphatic heterocycles. The van der Waals surface area contributed by atoms with Gasteiger partial charge >= 0.3 is 7.12 Å². The molecular formula is C16H26BNO3. The van der Waals surface area contributed by atoms with Gasteiger partial charge in [0.2, 0.25) is 0 Å². The zero-order valence-corrected chi connectivity index (χ0v) is 13.8. The van der Waals surface area contributed by atoms with Crippen LogP contribution in [0.5, 0.6) is 0 Å². The van der Waals surface area contributed by atoms with Gasteiger partial charge in [-0.15, -0.1) is 0 Å². The summed E-state index contributed by atoms with van der Waals surface area (Å²) in [7, 11) is -0.411. The monoisotopic (exact) mass is 291 g/mol. The Labute approximate surface area is 127 Å². The molecule has 2 saturated heterocycles. The third kappa shape index (κ3) is 2.73. The molecule has 0 N–H and O–H groups in total. The van der Waals surface area contributed by atoms with Gasteiger partial charge in [0.25, 0.3) is 0 Å². The molecule has 4 nitrogen and oxygen atoms in total. The maximum atomic E-state index is 6.04. The zero-order chi connectivity index (χ0) is 15.3. The molecule has 0 aromatic carbocycles. The quantitative estimate of drug-likeness (QED) is 0.785. The second-order valence-corrected chi connectivity index (χ2v) is 7.49. The van der Waals surface area contributed by atoms with Crippen LogP contribution in [0.1, 0.15) is 47.5 Å². The molecule has 0 bridgehead atoms. The van der Waals surface area contributed by atoms with Crippen LogP contribution >= 0.6 is 0 Å². The van der Waals surface area contributed by atoms with Crippen molar-refractivity contribution in [1.29, 1.82) is 0 Å². The molecule has 3 rings (SSSR count). The fourth-order valence-corrected chi connectivity index (χ4v) is 3.01. The maximum Gasteiger partial charge on any atom is 0.532 e. The van der Waals surface area contributed by atoms with Crippen LogP contribution in [0, 0.1) is 5.92 Å². The molecule has 2 fully saturated rings. The van der Waals surface area contributed by atoms with Crippen molar-refractivity contribution in [3.63, 3.8) is 0 Å². The van der Waals surface area contributed by atoms with E-state index in [1.165, 1.54) is 12.8 Å². The minimum atomic E-state index is -0.411. The number of hydrogen-bond donors (Lipinski definition) is 0. The van der Waals surface area contributed by atoms with Crippen LogP contribution in [0.2, 0.25) is 0 Å². The topological polar surface area (TPSA) is 34.8 Å². The van der Waals surface area contributed by atoms with Crippen molar-refractivity contribution in [2.24, 2.45) is 5.92 Å². The Kier molecular flexibility index (Phi) is 3.61. The fraction of sp³-hybridized carbons (Fsp3) is 0.750. The van der Waals surface area contributed by atoms with Crippen molar-refractivity contribution in [1.82, 2.24) is 0 Å². The highest BCUT2D eigenvalue weighted by molar-refractivity contribution is 6.60. The number of hydrogen-bond acceptors (Lipinski definition) is 4. The van der Waals surface area contributed by atoms with Crippen molar-refractivity contribution >= 4 is 18.5 Å². The minimum Gasteiger partial charge on any atom is -0.471 e. The Bertz CT molecular complexity index is 495. The van der Waals surface area contributed by atoms with E-state index in [1.54, 1.807) is 0 Å². The molecule has 0 amide bonds. The molecular weight excluding hydrogens is 265 g/mol. The lowest BCUT2D eigenvalue weighted by atomic mass is 9.86. The number of piperidine rings is 1. The van der Waals surface area contributed by atoms with Crippen LogP contribution in [0.3, 0.4) is 0 Å². The van der Waals surface area contributed by atoms with Gasteiger partial charge in [-0.05, 0) is 52.5 Å². The average molecular weight is 291 g/mol. The standard InChI is InChI=1S/C16H26BNO3/c1-12-7-6-8-18(10-12)13-9-14(19-11-13)17-20-15(2,3)16(4,5)21-17/h9,11-12H,6-8,10H2,1-5H3. The number of nitrogens with zero attached hydrogens (tertiary/aromatic N) is 1. The molecule has 1 aromatic heterocycles. The van der Waals surface area contributed by atoms with E-state index in [-0.39, 0.29) is 11.2 Å². The molecule has 2 aliphatic rings. The van der Waals surface area contributed by atoms with Gasteiger partial charge in [-0.3, -0.25) is 0 Å². The van der Waals surface area contributed by atoms with Gasteiger partial charge in [-0.2, -0.15) is 0 Å². The summed E-state index contributed by atoms with van der Waals surface area (Å²) < 4.78 is 17.8. The zero-order valence-electron chi connectivity index (χ0n) is 13.8. The Hall–Kier alpha value is -0.935. The van der Waals surface area contributed by atoms with Crippen molar-refractivity contribution in [3.8, 4) is 0 Å². The van der Waals surface area contributed by atoms with E-state index in [0.29, 0.717) is 0 Å². The predicted octanol–water partition coefficient (Wildman–Crippen LogP) is 2.82. The number of furan rings is 1. The summed E-state index contributed by atoms with van der Waals surface area (Å²) in [5.41, 5.74) is 1.25. The van der Waals surface area contributed by atoms with Gasteiger partial charge in [0.15, 0.2) is 0 Å². The molecule has 0 spiro atoms. The first-order valence-corrected chi connectivity index (χ1v) is 7.97. The number of anilines is 1. The predicted molar refractivity (Wildman–Crippen MR) is 85.0 cm³/mol. The van der Waals surface area contributed by atoms with Crippen LogP contribution in [-0.2, 0) is 9.31 Å². The van der Waals surface area contributed by atoms with Crippen molar-refractivity contribution in [2.75, 3.05) is 18.0 Å². The Morgan fingerprint density at radius 3 is 2.48 bits per heavy atom. The third-order valence-electron chi connectivity index (χ3n) is 5.11. The van der Waals surface area contributed by atoms with E-state index in [4.69, 9.17) is 13.7 Å². The van der Waals surface area contributed by atoms with Gasteiger partial charge in [-0.1, -0.05) is 6.92 Å². The van der Waals surface area contributed by atoms with Gasteiger partial charge in [-0.25, -0.2) is 0 Å². The van der Waals surface area contributed by atoms with Crippen LogP contribution in [0.4, 0.5) is 5.69 Å². The lowest BCUT2D eigenvalue weighted by Gasteiger charge is -2.32. The van der Waals surface area contributed by atoms with Crippen LogP contribution in [0.25, 0.3) is 0 Å². The Morgan fingerprint density at radius 1 is 1.19 bits per heavy atom. The molecule has 1 aromatic rings. The molecule has 1 unspecified atom stereocenters. The van der Waals surface area contributed by atoms with Crippen LogP contribution in [-0.4, -0.2) is 31.4 Å². The summed E-state index contributed by atoms with van der Waals surface area (Å²) >= 11 is 0. The maximum absolute atomic E-state index is 6.04. The lowest BCUT2D eigenvalue weighted by Crippen LogP contribution is -2.41. The van der Waals surface area contributed by atoms with Gasteiger partial charge in [0, 0.05) is 13.1 Å². The molecule has 1 atom stereocenters. The van der Waals surface area contributed by atoms with E-state index in [2.05, 4.69) is 45.6 Å². The normalized spacial score (nSPS) is 28.1. The van der Waals surface area contributed by atoms with Crippen LogP contribution in [0.15, 0.2) is 16.7 Å². The molecule has 116 valence electrons. The summed E-state index contributed by atoms with van der Waals surface area (Å²) in [5.74, 6) is 0.744. The van der Waals surface area contributed by atoms with Gasteiger partial charge in [0.1, 0.15) is 11.9 Å². The first-order valence-electron chi connectivity index (χ1n) is 7.97. The summed E-state index contributed by atoms with van der Waals surface area (Å²) in [4.78, 5) is 2.40. The molecule has 5 heteroatoms. The second-order valence-electron chi connectivity index (χ2n) is 7.49. The Morgan fingerprint density at radius 2 is 1.86 bits per heavy atom. The SMILES string of the molecule is CC1CCCN(c2coc(B3OC(C)(C)C(C)(C)O3)c2)C1. The molecule has 0 radical (unpaired) electrons. The summed E-state index contributed by atoms with van der Waals surface area (Å²) in [6, 6.07) is 2.07. The first kappa shape index (κ1) is 15.0. The number of rotatable bonds is 2. The highest BCUT2D eigenvalue weighted by Gasteiger charge is 2.53. The molecule has 21 heavy (non-hydrogen) atoms. The van der Waals surface area contributed by atoms with Crippen molar-refractivity contribution < 1.29 is 13.7 Å². The van der Waals surface area contributed by atoms with E-state index in [1.807, 2.05) is 6.26 Å². The van der Waals surface area contributed by atoms with E-state index in [0.717, 1.165) is 30.4 Å². The summed E-state index contributed by atoms with van der Waals surface area (Å²) in [5, 5.41) is 0. The fourth-order valence-electron chi connectivity index (χ4n) is 3.01. The molecule has 0 aliphatic carbocycles. The van der Waals surface area contributed by atoms with Gasteiger partial charge < -0.3 is 18.6 Å². The highest BCUT2D eigenvalue weighted by Crippen LogP contribution is 2.36. The average Bonchev–Trinajstić information content (AvgIpc) is 2.93. The highest BCUT2D eigenvalue weighted by atomic mass is 16.7. The van der Waals surface area contributed by atoms with Crippen LogP contribution < -0.4 is 10.6 Å². The third-order valence-corrected chi connectivity index (χ3v) is 5.11. The van der Waals surface area contributed by atoms with Crippen molar-refractivity contribution in [3.05, 3.63) is 12.3 Å². The molecule has 0 saturated carbocycles. The van der Waals surface area contributed by atoms with E-state index >= 15 is 0 Å². The van der Waals surface area contributed by atoms with E-state index in [9.17, 15) is 0 Å². The van der Waals surface area contributed by atoms with E-state index < -0.39 is 7.12 Å². The summed E-state index contributed by atoms with van der Waals surface area (Å²) in [6.07, 6.45) is 4.40. The van der Waals surface area contributed by atoms with Crippen molar-refractivity contribution in [2.45, 2.75) is 58.7 Å². The largest absolute Gasteiger partial charge is 0.532 e. The first-order chi connectivity index (χ1) is 9.78. The van der Waals surface area contributed by atoms with Gasteiger partial charge in [0.05, 0.1) is 16.9 Å². The smallest absolute Gasteiger partial charge is 0.471 e. The molecule has 3 heterocycles. The lowest BCUT2D eigenvalue weighted by molar-refractivity contribution is 0.00578. The second kappa shape index (κ2) is 5.06. The minimum absolute atomic E-state index is 0.329. The Balaban J connectivity index is 1.74. The summed E-state index contributed by atoms with van der Waals surface area (Å²) in [6.45, 7) is 12.7.